The van der Waals surface area contributed by atoms with E-state index in [2.05, 4.69) is 35.4 Å². The number of nitrogens with zero attached hydrogens (tertiary/aromatic N) is 1. The molecule has 3 heteroatoms. The van der Waals surface area contributed by atoms with E-state index in [-0.39, 0.29) is 6.10 Å². The molecule has 1 saturated heterocycles. The molecular formula is C12H17NOS. The third-order valence-corrected chi connectivity index (χ3v) is 3.67. The van der Waals surface area contributed by atoms with Gasteiger partial charge in [0.1, 0.15) is 0 Å². The van der Waals surface area contributed by atoms with E-state index in [4.69, 9.17) is 0 Å². The zero-order chi connectivity index (χ0) is 10.7. The van der Waals surface area contributed by atoms with E-state index in [1.54, 1.807) is 11.8 Å². The number of likely N-dealkylation sites (tertiary alicyclic amines) is 1. The zero-order valence-corrected chi connectivity index (χ0v) is 9.83. The van der Waals surface area contributed by atoms with Gasteiger partial charge in [0.2, 0.25) is 0 Å². The van der Waals surface area contributed by atoms with E-state index >= 15 is 0 Å². The molecule has 0 spiro atoms. The van der Waals surface area contributed by atoms with Gasteiger partial charge < -0.3 is 5.11 Å². The molecule has 82 valence electrons. The van der Waals surface area contributed by atoms with Crippen LogP contribution < -0.4 is 0 Å². The molecule has 1 fully saturated rings. The first-order valence-electron chi connectivity index (χ1n) is 5.32. The van der Waals surface area contributed by atoms with Gasteiger partial charge in [0.15, 0.2) is 0 Å². The van der Waals surface area contributed by atoms with E-state index in [1.807, 2.05) is 0 Å². The number of benzene rings is 1. The van der Waals surface area contributed by atoms with Crippen LogP contribution in [0.1, 0.15) is 12.0 Å². The predicted molar refractivity (Wildman–Crippen MR) is 64.1 cm³/mol. The average Bonchev–Trinajstić information content (AvgIpc) is 2.65. The highest BCUT2D eigenvalue weighted by atomic mass is 32.2. The highest BCUT2D eigenvalue weighted by molar-refractivity contribution is 7.98. The Morgan fingerprint density at radius 3 is 2.93 bits per heavy atom. The summed E-state index contributed by atoms with van der Waals surface area (Å²) < 4.78 is 0. The molecule has 0 aromatic heterocycles. The summed E-state index contributed by atoms with van der Waals surface area (Å²) in [5, 5.41) is 9.46. The molecule has 1 atom stereocenters. The molecule has 1 N–H and O–H groups in total. The first-order valence-corrected chi connectivity index (χ1v) is 6.54. The first kappa shape index (κ1) is 11.0. The van der Waals surface area contributed by atoms with Crippen LogP contribution in [0.4, 0.5) is 0 Å². The second-order valence-electron chi connectivity index (χ2n) is 3.99. The van der Waals surface area contributed by atoms with Gasteiger partial charge in [-0.25, -0.2) is 0 Å². The monoisotopic (exact) mass is 223 g/mol. The minimum Gasteiger partial charge on any atom is -0.392 e. The lowest BCUT2D eigenvalue weighted by atomic mass is 10.2. The molecule has 0 bridgehead atoms. The van der Waals surface area contributed by atoms with E-state index < -0.39 is 0 Å². The van der Waals surface area contributed by atoms with Crippen LogP contribution in [0.25, 0.3) is 0 Å². The first-order chi connectivity index (χ1) is 7.29. The van der Waals surface area contributed by atoms with Crippen LogP contribution in [0.15, 0.2) is 29.2 Å². The Morgan fingerprint density at radius 1 is 1.47 bits per heavy atom. The van der Waals surface area contributed by atoms with E-state index in [0.717, 1.165) is 26.1 Å². The van der Waals surface area contributed by atoms with Gasteiger partial charge in [-0.1, -0.05) is 18.2 Å². The Morgan fingerprint density at radius 2 is 2.27 bits per heavy atom. The lowest BCUT2D eigenvalue weighted by Gasteiger charge is -2.16. The number of rotatable bonds is 3. The van der Waals surface area contributed by atoms with Crippen molar-refractivity contribution in [2.24, 2.45) is 0 Å². The Hall–Kier alpha value is -0.510. The number of aliphatic hydroxyl groups is 1. The predicted octanol–water partition coefficient (Wildman–Crippen LogP) is 1.98. The van der Waals surface area contributed by atoms with Gasteiger partial charge in [-0.2, -0.15) is 0 Å². The summed E-state index contributed by atoms with van der Waals surface area (Å²) in [5.41, 5.74) is 1.37. The summed E-state index contributed by atoms with van der Waals surface area (Å²) in [5.74, 6) is 0. The highest BCUT2D eigenvalue weighted by Crippen LogP contribution is 2.22. The topological polar surface area (TPSA) is 23.5 Å². The number of thioether (sulfide) groups is 1. The number of aliphatic hydroxyl groups excluding tert-OH is 1. The van der Waals surface area contributed by atoms with Gasteiger partial charge in [0.25, 0.3) is 0 Å². The second-order valence-corrected chi connectivity index (χ2v) is 4.84. The smallest absolute Gasteiger partial charge is 0.0679 e. The standard InChI is InChI=1S/C12H17NOS/c1-15-12-5-3-2-4-10(12)8-13-7-6-11(14)9-13/h2-5,11,14H,6-9H2,1H3/t11-/m0/s1. The molecule has 0 saturated carbocycles. The van der Waals surface area contributed by atoms with Gasteiger partial charge in [-0.3, -0.25) is 4.90 Å². The molecule has 2 nitrogen and oxygen atoms in total. The molecule has 2 rings (SSSR count). The van der Waals surface area contributed by atoms with Crippen LogP contribution in [-0.4, -0.2) is 35.5 Å². The fourth-order valence-electron chi connectivity index (χ4n) is 2.03. The van der Waals surface area contributed by atoms with E-state index in [9.17, 15) is 5.11 Å². The van der Waals surface area contributed by atoms with Gasteiger partial charge in [-0.05, 0) is 24.3 Å². The number of hydrogen-bond donors (Lipinski definition) is 1. The van der Waals surface area contributed by atoms with E-state index in [1.165, 1.54) is 10.5 Å². The average molecular weight is 223 g/mol. The minimum atomic E-state index is -0.119. The molecule has 1 heterocycles. The number of hydrogen-bond acceptors (Lipinski definition) is 3. The summed E-state index contributed by atoms with van der Waals surface area (Å²) >= 11 is 1.79. The molecule has 1 aromatic rings. The lowest BCUT2D eigenvalue weighted by molar-refractivity contribution is 0.174. The summed E-state index contributed by atoms with van der Waals surface area (Å²) in [7, 11) is 0. The van der Waals surface area contributed by atoms with Gasteiger partial charge in [0, 0.05) is 24.5 Å². The van der Waals surface area contributed by atoms with E-state index in [0.29, 0.717) is 0 Å². The van der Waals surface area contributed by atoms with Crippen molar-refractivity contribution in [2.75, 3.05) is 19.3 Å². The van der Waals surface area contributed by atoms with Gasteiger partial charge in [-0.15, -0.1) is 11.8 Å². The van der Waals surface area contributed by atoms with Crippen LogP contribution >= 0.6 is 11.8 Å². The largest absolute Gasteiger partial charge is 0.392 e. The quantitative estimate of drug-likeness (QED) is 0.793. The molecular weight excluding hydrogens is 206 g/mol. The Labute approximate surface area is 95.3 Å². The van der Waals surface area contributed by atoms with Crippen LogP contribution in [0.3, 0.4) is 0 Å². The van der Waals surface area contributed by atoms with Crippen molar-refractivity contribution >= 4 is 11.8 Å². The summed E-state index contributed by atoms with van der Waals surface area (Å²) in [6, 6.07) is 8.50. The summed E-state index contributed by atoms with van der Waals surface area (Å²) in [4.78, 5) is 3.67. The Kier molecular flexibility index (Phi) is 3.67. The molecule has 1 aliphatic rings. The van der Waals surface area contributed by atoms with Crippen LogP contribution in [0.2, 0.25) is 0 Å². The third kappa shape index (κ3) is 2.74. The van der Waals surface area contributed by atoms with Crippen molar-refractivity contribution < 1.29 is 5.11 Å². The molecule has 1 aromatic carbocycles. The van der Waals surface area contributed by atoms with Crippen molar-refractivity contribution in [1.29, 1.82) is 0 Å². The number of β-amino-alcohol motifs (C(OH)–C–C–N with tert-alkyl or cyclic N) is 1. The van der Waals surface area contributed by atoms with Crippen molar-refractivity contribution in [3.8, 4) is 0 Å². The lowest BCUT2D eigenvalue weighted by Crippen LogP contribution is -2.21. The van der Waals surface area contributed by atoms with Crippen molar-refractivity contribution in [2.45, 2.75) is 24.0 Å². The molecule has 1 aliphatic heterocycles. The van der Waals surface area contributed by atoms with Crippen molar-refractivity contribution in [1.82, 2.24) is 4.90 Å². The normalized spacial score (nSPS) is 22.1. The van der Waals surface area contributed by atoms with Crippen LogP contribution in [-0.2, 0) is 6.54 Å². The molecule has 0 amide bonds. The maximum Gasteiger partial charge on any atom is 0.0679 e. The maximum atomic E-state index is 9.46. The second kappa shape index (κ2) is 5.01. The van der Waals surface area contributed by atoms with Gasteiger partial charge >= 0.3 is 0 Å². The SMILES string of the molecule is CSc1ccccc1CN1CC[C@H](O)C1. The van der Waals surface area contributed by atoms with Crippen LogP contribution in [0, 0.1) is 0 Å². The summed E-state index contributed by atoms with van der Waals surface area (Å²) in [6.07, 6.45) is 2.91. The van der Waals surface area contributed by atoms with Gasteiger partial charge in [0.05, 0.1) is 6.10 Å². The Balaban J connectivity index is 2.04. The highest BCUT2D eigenvalue weighted by Gasteiger charge is 2.20. The summed E-state index contributed by atoms with van der Waals surface area (Å²) in [6.45, 7) is 2.81. The maximum absolute atomic E-state index is 9.46. The fourth-order valence-corrected chi connectivity index (χ4v) is 2.64. The molecule has 0 aliphatic carbocycles. The molecule has 15 heavy (non-hydrogen) atoms. The van der Waals surface area contributed by atoms with Crippen LogP contribution in [0.5, 0.6) is 0 Å². The third-order valence-electron chi connectivity index (χ3n) is 2.83. The van der Waals surface area contributed by atoms with Crippen molar-refractivity contribution in [3.05, 3.63) is 29.8 Å². The van der Waals surface area contributed by atoms with Crippen molar-refractivity contribution in [3.63, 3.8) is 0 Å². The minimum absolute atomic E-state index is 0.119. The fraction of sp³-hybridized carbons (Fsp3) is 0.500. The zero-order valence-electron chi connectivity index (χ0n) is 9.02. The molecule has 0 radical (unpaired) electrons. The Bertz CT molecular complexity index is 329. The molecule has 0 unspecified atom stereocenters.